The van der Waals surface area contributed by atoms with E-state index in [0.717, 1.165) is 24.8 Å². The third-order valence-electron chi connectivity index (χ3n) is 5.79. The Bertz CT molecular complexity index is 1080. The van der Waals surface area contributed by atoms with Crippen molar-refractivity contribution in [3.8, 4) is 5.69 Å². The van der Waals surface area contributed by atoms with Crippen molar-refractivity contribution in [1.82, 2.24) is 30.7 Å². The summed E-state index contributed by atoms with van der Waals surface area (Å²) in [5.74, 6) is -0.776. The van der Waals surface area contributed by atoms with Crippen LogP contribution in [0.15, 0.2) is 48.5 Å². The minimum atomic E-state index is -0.336. The molecular weight excluding hydrogens is 414 g/mol. The first kappa shape index (κ1) is 22.0. The van der Waals surface area contributed by atoms with Crippen LogP contribution in [0.3, 0.4) is 0 Å². The third kappa shape index (κ3) is 4.84. The summed E-state index contributed by atoms with van der Waals surface area (Å²) in [4.78, 5) is 14.5. The van der Waals surface area contributed by atoms with Gasteiger partial charge in [-0.25, -0.2) is 13.5 Å². The smallest absolute Gasteiger partial charge is 0.276 e. The molecule has 1 fully saturated rings. The Balaban J connectivity index is 1.29. The van der Waals surface area contributed by atoms with E-state index in [1.54, 1.807) is 43.1 Å². The second-order valence-corrected chi connectivity index (χ2v) is 8.11. The summed E-state index contributed by atoms with van der Waals surface area (Å²) >= 11 is 0. The summed E-state index contributed by atoms with van der Waals surface area (Å²) in [5.41, 5.74) is 8.94. The highest BCUT2D eigenvalue weighted by Crippen LogP contribution is 2.24. The first-order valence-corrected chi connectivity index (χ1v) is 10.6. The number of hydrazine groups is 1. The van der Waals surface area contributed by atoms with Crippen LogP contribution >= 0.6 is 0 Å². The van der Waals surface area contributed by atoms with Gasteiger partial charge in [-0.05, 0) is 68.1 Å². The average molecular weight is 440 g/mol. The molecule has 9 heteroatoms. The van der Waals surface area contributed by atoms with Gasteiger partial charge in [-0.15, -0.1) is 5.10 Å². The molecular formula is C23H26F2N6O. The molecule has 2 heterocycles. The molecule has 2 aromatic carbocycles. The van der Waals surface area contributed by atoms with Gasteiger partial charge in [0.1, 0.15) is 11.6 Å². The molecule has 1 amide bonds. The van der Waals surface area contributed by atoms with Crippen molar-refractivity contribution in [2.45, 2.75) is 38.3 Å². The van der Waals surface area contributed by atoms with Crippen molar-refractivity contribution in [2.75, 3.05) is 13.6 Å². The fraction of sp³-hybridized carbons (Fsp3) is 0.348. The maximum Gasteiger partial charge on any atom is 0.276 e. The SMILES string of the molecule is Cc1c(C(=O)N(C)CCCC2CC(c3cccc(F)c3)NN2)nnn1-c1ccc(F)cc1. The number of carbonyl (C=O) groups is 1. The summed E-state index contributed by atoms with van der Waals surface area (Å²) in [5, 5.41) is 8.10. The second kappa shape index (κ2) is 9.54. The average Bonchev–Trinajstić information content (AvgIpc) is 3.41. The summed E-state index contributed by atoms with van der Waals surface area (Å²) < 4.78 is 28.2. The van der Waals surface area contributed by atoms with Crippen molar-refractivity contribution >= 4 is 5.91 Å². The number of nitrogens with zero attached hydrogens (tertiary/aromatic N) is 4. The normalized spacial score (nSPS) is 18.1. The molecule has 0 bridgehead atoms. The quantitative estimate of drug-likeness (QED) is 0.590. The highest BCUT2D eigenvalue weighted by Gasteiger charge is 2.26. The van der Waals surface area contributed by atoms with E-state index >= 15 is 0 Å². The van der Waals surface area contributed by atoms with Crippen molar-refractivity contribution < 1.29 is 13.6 Å². The number of amides is 1. The molecule has 3 aromatic rings. The molecule has 2 N–H and O–H groups in total. The van der Waals surface area contributed by atoms with Crippen molar-refractivity contribution in [2.24, 2.45) is 0 Å². The van der Waals surface area contributed by atoms with E-state index in [9.17, 15) is 13.6 Å². The molecule has 1 saturated heterocycles. The molecule has 0 aliphatic carbocycles. The van der Waals surface area contributed by atoms with E-state index in [4.69, 9.17) is 0 Å². The Morgan fingerprint density at radius 3 is 2.69 bits per heavy atom. The summed E-state index contributed by atoms with van der Waals surface area (Å²) in [7, 11) is 1.74. The van der Waals surface area contributed by atoms with E-state index in [2.05, 4.69) is 21.2 Å². The van der Waals surface area contributed by atoms with Gasteiger partial charge >= 0.3 is 0 Å². The van der Waals surface area contributed by atoms with Gasteiger partial charge in [0, 0.05) is 25.7 Å². The lowest BCUT2D eigenvalue weighted by Crippen LogP contribution is -2.32. The molecule has 32 heavy (non-hydrogen) atoms. The highest BCUT2D eigenvalue weighted by molar-refractivity contribution is 5.93. The Kier molecular flexibility index (Phi) is 6.57. The predicted molar refractivity (Wildman–Crippen MR) is 116 cm³/mol. The first-order chi connectivity index (χ1) is 15.4. The zero-order chi connectivity index (χ0) is 22.7. The van der Waals surface area contributed by atoms with E-state index in [1.807, 2.05) is 6.07 Å². The maximum atomic E-state index is 13.5. The minimum Gasteiger partial charge on any atom is -0.340 e. The van der Waals surface area contributed by atoms with Gasteiger partial charge in [-0.3, -0.25) is 15.6 Å². The lowest BCUT2D eigenvalue weighted by molar-refractivity contribution is 0.0785. The van der Waals surface area contributed by atoms with E-state index in [1.165, 1.54) is 22.9 Å². The summed E-state index contributed by atoms with van der Waals surface area (Å²) in [6.45, 7) is 2.34. The summed E-state index contributed by atoms with van der Waals surface area (Å²) in [6, 6.07) is 12.8. The molecule has 7 nitrogen and oxygen atoms in total. The van der Waals surface area contributed by atoms with Crippen molar-refractivity contribution in [1.29, 1.82) is 0 Å². The minimum absolute atomic E-state index is 0.0687. The molecule has 168 valence electrons. The highest BCUT2D eigenvalue weighted by atomic mass is 19.1. The molecule has 0 radical (unpaired) electrons. The number of halogens is 2. The van der Waals surface area contributed by atoms with Crippen molar-refractivity contribution in [3.63, 3.8) is 0 Å². The molecule has 1 aromatic heterocycles. The Morgan fingerprint density at radius 2 is 1.94 bits per heavy atom. The first-order valence-electron chi connectivity index (χ1n) is 10.6. The van der Waals surface area contributed by atoms with Gasteiger partial charge in [0.15, 0.2) is 5.69 Å². The number of carbonyl (C=O) groups excluding carboxylic acids is 1. The Morgan fingerprint density at radius 1 is 1.16 bits per heavy atom. The molecule has 2 atom stereocenters. The fourth-order valence-corrected chi connectivity index (χ4v) is 3.97. The van der Waals surface area contributed by atoms with Crippen LogP contribution in [0.25, 0.3) is 5.69 Å². The lowest BCUT2D eigenvalue weighted by Gasteiger charge is -2.17. The van der Waals surface area contributed by atoms with Crippen LogP contribution in [0.1, 0.15) is 47.1 Å². The summed E-state index contributed by atoms with van der Waals surface area (Å²) in [6.07, 6.45) is 2.53. The van der Waals surface area contributed by atoms with Crippen LogP contribution in [-0.4, -0.2) is 45.4 Å². The molecule has 1 aliphatic rings. The van der Waals surface area contributed by atoms with Crippen LogP contribution in [0.2, 0.25) is 0 Å². The Labute approximate surface area is 185 Å². The van der Waals surface area contributed by atoms with E-state index in [0.29, 0.717) is 17.9 Å². The van der Waals surface area contributed by atoms with E-state index in [-0.39, 0.29) is 35.3 Å². The van der Waals surface area contributed by atoms with Gasteiger partial charge in [-0.1, -0.05) is 17.3 Å². The van der Waals surface area contributed by atoms with Crippen LogP contribution in [0, 0.1) is 18.6 Å². The molecule has 0 spiro atoms. The largest absolute Gasteiger partial charge is 0.340 e. The zero-order valence-corrected chi connectivity index (χ0v) is 18.1. The fourth-order valence-electron chi connectivity index (χ4n) is 3.97. The second-order valence-electron chi connectivity index (χ2n) is 8.11. The molecule has 1 aliphatic heterocycles. The van der Waals surface area contributed by atoms with Crippen LogP contribution in [0.4, 0.5) is 8.78 Å². The van der Waals surface area contributed by atoms with Crippen LogP contribution in [0.5, 0.6) is 0 Å². The van der Waals surface area contributed by atoms with Gasteiger partial charge in [0.25, 0.3) is 5.91 Å². The third-order valence-corrected chi connectivity index (χ3v) is 5.79. The van der Waals surface area contributed by atoms with Crippen LogP contribution in [-0.2, 0) is 0 Å². The number of rotatable bonds is 7. The topological polar surface area (TPSA) is 75.1 Å². The standard InChI is InChI=1S/C23H26F2N6O/c1-15-22(28-29-31(15)20-10-8-17(24)9-11-20)23(32)30(2)12-4-7-19-14-21(27-26-19)16-5-3-6-18(25)13-16/h3,5-6,8-11,13,19,21,26-27H,4,7,12,14H2,1-2H3. The van der Waals surface area contributed by atoms with Crippen molar-refractivity contribution in [3.05, 3.63) is 77.1 Å². The number of aromatic nitrogens is 3. The molecule has 4 rings (SSSR count). The van der Waals surface area contributed by atoms with Gasteiger partial charge in [0.05, 0.1) is 11.4 Å². The molecule has 0 saturated carbocycles. The molecule has 2 unspecified atom stereocenters. The number of hydrogen-bond acceptors (Lipinski definition) is 5. The van der Waals surface area contributed by atoms with Gasteiger partial charge in [0.2, 0.25) is 0 Å². The van der Waals surface area contributed by atoms with Crippen LogP contribution < -0.4 is 10.9 Å². The van der Waals surface area contributed by atoms with Gasteiger partial charge < -0.3 is 4.90 Å². The number of hydrogen-bond donors (Lipinski definition) is 2. The number of nitrogens with one attached hydrogen (secondary N) is 2. The van der Waals surface area contributed by atoms with E-state index < -0.39 is 0 Å². The lowest BCUT2D eigenvalue weighted by atomic mass is 9.99. The monoisotopic (exact) mass is 440 g/mol. The predicted octanol–water partition coefficient (Wildman–Crippen LogP) is 3.31. The Hall–Kier alpha value is -3.17. The number of benzene rings is 2. The zero-order valence-electron chi connectivity index (χ0n) is 18.1. The maximum absolute atomic E-state index is 13.5. The van der Waals surface area contributed by atoms with Gasteiger partial charge in [-0.2, -0.15) is 0 Å².